The number of carboxylic acids is 1. The van der Waals surface area contributed by atoms with Gasteiger partial charge >= 0.3 is 5.97 Å². The van der Waals surface area contributed by atoms with Crippen LogP contribution >= 0.6 is 11.8 Å². The van der Waals surface area contributed by atoms with Crippen molar-refractivity contribution in [3.63, 3.8) is 0 Å². The van der Waals surface area contributed by atoms with E-state index >= 15 is 0 Å². The quantitative estimate of drug-likeness (QED) is 0.799. The predicted molar refractivity (Wildman–Crippen MR) is 68.1 cm³/mol. The van der Waals surface area contributed by atoms with Crippen molar-refractivity contribution in [3.8, 4) is 0 Å². The third kappa shape index (κ3) is 3.67. The number of carbonyl (C=O) groups is 1. The molecule has 17 heavy (non-hydrogen) atoms. The molecule has 0 bridgehead atoms. The standard InChI is InChI=1S/C13H13NO2S/c15-13(16)7-11-6-12(14-8-11)17-9-10-4-2-1-3-5-10/h1-6,8,14H,7,9H2,(H,15,16). The van der Waals surface area contributed by atoms with Gasteiger partial charge in [0, 0.05) is 11.9 Å². The van der Waals surface area contributed by atoms with Gasteiger partial charge in [0.25, 0.3) is 0 Å². The van der Waals surface area contributed by atoms with Crippen LogP contribution in [0.2, 0.25) is 0 Å². The number of aromatic nitrogens is 1. The normalized spacial score (nSPS) is 10.4. The maximum Gasteiger partial charge on any atom is 0.307 e. The molecule has 0 saturated carbocycles. The molecule has 1 aromatic heterocycles. The number of hydrogen-bond acceptors (Lipinski definition) is 2. The van der Waals surface area contributed by atoms with Gasteiger partial charge in [-0.2, -0.15) is 0 Å². The molecule has 0 radical (unpaired) electrons. The highest BCUT2D eigenvalue weighted by atomic mass is 32.2. The summed E-state index contributed by atoms with van der Waals surface area (Å²) in [4.78, 5) is 13.6. The van der Waals surface area contributed by atoms with E-state index in [-0.39, 0.29) is 6.42 Å². The Morgan fingerprint density at radius 2 is 2.00 bits per heavy atom. The Morgan fingerprint density at radius 1 is 1.24 bits per heavy atom. The molecule has 0 spiro atoms. The topological polar surface area (TPSA) is 53.1 Å². The highest BCUT2D eigenvalue weighted by Gasteiger charge is 2.04. The molecule has 0 saturated heterocycles. The fourth-order valence-electron chi connectivity index (χ4n) is 1.51. The highest BCUT2D eigenvalue weighted by Crippen LogP contribution is 2.22. The molecule has 0 atom stereocenters. The Labute approximate surface area is 104 Å². The largest absolute Gasteiger partial charge is 0.481 e. The van der Waals surface area contributed by atoms with Gasteiger partial charge in [-0.1, -0.05) is 30.3 Å². The zero-order chi connectivity index (χ0) is 12.1. The fraction of sp³-hybridized carbons (Fsp3) is 0.154. The molecule has 0 aliphatic heterocycles. The Balaban J connectivity index is 1.91. The van der Waals surface area contributed by atoms with Crippen LogP contribution in [-0.2, 0) is 17.0 Å². The van der Waals surface area contributed by atoms with Crippen LogP contribution in [0.4, 0.5) is 0 Å². The minimum absolute atomic E-state index is 0.0718. The summed E-state index contributed by atoms with van der Waals surface area (Å²) < 4.78 is 0. The van der Waals surface area contributed by atoms with Crippen molar-refractivity contribution in [2.24, 2.45) is 0 Å². The minimum atomic E-state index is -0.802. The lowest BCUT2D eigenvalue weighted by molar-refractivity contribution is -0.136. The first-order valence-electron chi connectivity index (χ1n) is 5.30. The van der Waals surface area contributed by atoms with E-state index in [2.05, 4.69) is 17.1 Å². The van der Waals surface area contributed by atoms with E-state index in [4.69, 9.17) is 5.11 Å². The van der Waals surface area contributed by atoms with Crippen molar-refractivity contribution in [2.75, 3.05) is 0 Å². The first-order chi connectivity index (χ1) is 8.24. The number of nitrogens with one attached hydrogen (secondary N) is 1. The molecule has 0 aliphatic carbocycles. The van der Waals surface area contributed by atoms with Crippen LogP contribution < -0.4 is 0 Å². The van der Waals surface area contributed by atoms with Gasteiger partial charge in [-0.25, -0.2) is 0 Å². The van der Waals surface area contributed by atoms with E-state index in [9.17, 15) is 4.79 Å². The summed E-state index contributed by atoms with van der Waals surface area (Å²) >= 11 is 1.67. The van der Waals surface area contributed by atoms with Gasteiger partial charge in [0.15, 0.2) is 0 Å². The highest BCUT2D eigenvalue weighted by molar-refractivity contribution is 7.98. The van der Waals surface area contributed by atoms with Gasteiger partial charge < -0.3 is 10.1 Å². The molecule has 3 nitrogen and oxygen atoms in total. The summed E-state index contributed by atoms with van der Waals surface area (Å²) in [7, 11) is 0. The summed E-state index contributed by atoms with van der Waals surface area (Å²) in [6.07, 6.45) is 1.82. The van der Waals surface area contributed by atoms with Gasteiger partial charge in [-0.3, -0.25) is 4.79 Å². The molecule has 4 heteroatoms. The third-order valence-corrected chi connectivity index (χ3v) is 3.33. The van der Waals surface area contributed by atoms with Gasteiger partial charge in [-0.15, -0.1) is 11.8 Å². The number of thioether (sulfide) groups is 1. The average Bonchev–Trinajstić information content (AvgIpc) is 2.75. The third-order valence-electron chi connectivity index (χ3n) is 2.31. The van der Waals surface area contributed by atoms with Crippen LogP contribution in [-0.4, -0.2) is 16.1 Å². The molecule has 1 heterocycles. The second-order valence-electron chi connectivity index (χ2n) is 3.72. The second-order valence-corrected chi connectivity index (χ2v) is 4.73. The first-order valence-corrected chi connectivity index (χ1v) is 6.28. The van der Waals surface area contributed by atoms with E-state index in [0.29, 0.717) is 0 Å². The Morgan fingerprint density at radius 3 is 2.71 bits per heavy atom. The summed E-state index contributed by atoms with van der Waals surface area (Å²) in [6, 6.07) is 12.1. The Bertz CT molecular complexity index is 493. The van der Waals surface area contributed by atoms with E-state index in [1.165, 1.54) is 5.56 Å². The molecule has 0 aliphatic rings. The summed E-state index contributed by atoms with van der Waals surface area (Å²) in [5.74, 6) is 0.0806. The summed E-state index contributed by atoms with van der Waals surface area (Å²) in [5, 5.41) is 9.67. The van der Waals surface area contributed by atoms with Crippen molar-refractivity contribution < 1.29 is 9.90 Å². The van der Waals surface area contributed by atoms with Crippen LogP contribution in [0, 0.1) is 0 Å². The summed E-state index contributed by atoms with van der Waals surface area (Å²) in [6.45, 7) is 0. The van der Waals surface area contributed by atoms with Crippen LogP contribution in [0.1, 0.15) is 11.1 Å². The molecule has 2 rings (SSSR count). The Hall–Kier alpha value is -1.68. The second kappa shape index (κ2) is 5.59. The monoisotopic (exact) mass is 247 g/mol. The number of aromatic amines is 1. The van der Waals surface area contributed by atoms with Crippen molar-refractivity contribution in [1.29, 1.82) is 0 Å². The van der Waals surface area contributed by atoms with Crippen LogP contribution in [0.3, 0.4) is 0 Å². The van der Waals surface area contributed by atoms with Crippen LogP contribution in [0.5, 0.6) is 0 Å². The molecule has 1 aromatic carbocycles. The lowest BCUT2D eigenvalue weighted by atomic mass is 10.2. The lowest BCUT2D eigenvalue weighted by Gasteiger charge is -1.98. The van der Waals surface area contributed by atoms with E-state index < -0.39 is 5.97 Å². The zero-order valence-electron chi connectivity index (χ0n) is 9.22. The van der Waals surface area contributed by atoms with E-state index in [1.54, 1.807) is 18.0 Å². The van der Waals surface area contributed by atoms with E-state index in [0.717, 1.165) is 16.3 Å². The number of benzene rings is 1. The molecule has 0 unspecified atom stereocenters. The Kier molecular flexibility index (Phi) is 3.88. The fourth-order valence-corrected chi connectivity index (χ4v) is 2.40. The molecular formula is C13H13NO2S. The molecule has 0 fully saturated rings. The van der Waals surface area contributed by atoms with Crippen LogP contribution in [0.15, 0.2) is 47.6 Å². The van der Waals surface area contributed by atoms with E-state index in [1.807, 2.05) is 24.3 Å². The lowest BCUT2D eigenvalue weighted by Crippen LogP contribution is -1.97. The molecule has 2 aromatic rings. The number of H-pyrrole nitrogens is 1. The maximum absolute atomic E-state index is 10.5. The number of rotatable bonds is 5. The smallest absolute Gasteiger partial charge is 0.307 e. The minimum Gasteiger partial charge on any atom is -0.481 e. The molecule has 2 N–H and O–H groups in total. The van der Waals surface area contributed by atoms with Crippen molar-refractivity contribution in [1.82, 2.24) is 4.98 Å². The number of hydrogen-bond donors (Lipinski definition) is 2. The van der Waals surface area contributed by atoms with Crippen molar-refractivity contribution >= 4 is 17.7 Å². The van der Waals surface area contributed by atoms with Crippen LogP contribution in [0.25, 0.3) is 0 Å². The van der Waals surface area contributed by atoms with Gasteiger partial charge in [0.1, 0.15) is 0 Å². The van der Waals surface area contributed by atoms with Crippen molar-refractivity contribution in [3.05, 3.63) is 53.7 Å². The SMILES string of the molecule is O=C(O)Cc1c[nH]c(SCc2ccccc2)c1. The summed E-state index contributed by atoms with van der Waals surface area (Å²) in [5.41, 5.74) is 2.07. The number of aliphatic carboxylic acids is 1. The maximum atomic E-state index is 10.5. The number of carboxylic acid groups (broad SMARTS) is 1. The first kappa shape index (κ1) is 11.8. The van der Waals surface area contributed by atoms with Gasteiger partial charge in [-0.05, 0) is 17.2 Å². The molecular weight excluding hydrogens is 234 g/mol. The molecule has 0 amide bonds. The average molecular weight is 247 g/mol. The van der Waals surface area contributed by atoms with Gasteiger partial charge in [0.2, 0.25) is 0 Å². The van der Waals surface area contributed by atoms with Gasteiger partial charge in [0.05, 0.1) is 11.4 Å². The predicted octanol–water partition coefficient (Wildman–Crippen LogP) is 2.93. The molecule has 88 valence electrons. The van der Waals surface area contributed by atoms with Crippen molar-refractivity contribution in [2.45, 2.75) is 17.2 Å². The zero-order valence-corrected chi connectivity index (χ0v) is 10.0.